The minimum absolute atomic E-state index is 0.645. The fourth-order valence-electron chi connectivity index (χ4n) is 2.54. The Bertz CT molecular complexity index is 322. The first-order valence-corrected chi connectivity index (χ1v) is 5.77. The number of rotatable bonds is 2. The van der Waals surface area contributed by atoms with Gasteiger partial charge in [-0.2, -0.15) is 0 Å². The van der Waals surface area contributed by atoms with Crippen molar-refractivity contribution in [2.75, 3.05) is 6.54 Å². The molecule has 1 aromatic rings. The molecule has 1 heteroatoms. The quantitative estimate of drug-likeness (QED) is 0.750. The lowest BCUT2D eigenvalue weighted by Crippen LogP contribution is -2.14. The van der Waals surface area contributed by atoms with E-state index in [1.807, 2.05) is 0 Å². The van der Waals surface area contributed by atoms with Gasteiger partial charge in [0, 0.05) is 6.04 Å². The summed E-state index contributed by atoms with van der Waals surface area (Å²) in [6.07, 6.45) is 5.47. The first-order chi connectivity index (χ1) is 6.95. The van der Waals surface area contributed by atoms with Crippen LogP contribution in [0.1, 0.15) is 48.8 Å². The van der Waals surface area contributed by atoms with Gasteiger partial charge in [0.1, 0.15) is 0 Å². The Hall–Kier alpha value is -0.820. The molecule has 2 aliphatic rings. The molecule has 1 unspecified atom stereocenters. The van der Waals surface area contributed by atoms with E-state index in [9.17, 15) is 0 Å². The third-order valence-electron chi connectivity index (χ3n) is 3.45. The molecule has 0 radical (unpaired) electrons. The molecule has 0 bridgehead atoms. The second-order valence-electron chi connectivity index (χ2n) is 4.55. The Morgan fingerprint density at radius 2 is 1.79 bits per heavy atom. The molecular formula is C13H17N. The molecule has 74 valence electrons. The predicted molar refractivity (Wildman–Crippen MR) is 58.4 cm³/mol. The Morgan fingerprint density at radius 1 is 1.00 bits per heavy atom. The van der Waals surface area contributed by atoms with Crippen LogP contribution in [0.4, 0.5) is 0 Å². The molecule has 0 aromatic heterocycles. The molecule has 1 heterocycles. The predicted octanol–water partition coefficient (Wildman–Crippen LogP) is 2.99. The average molecular weight is 187 g/mol. The highest BCUT2D eigenvalue weighted by Crippen LogP contribution is 2.43. The maximum atomic E-state index is 3.60. The van der Waals surface area contributed by atoms with E-state index in [0.717, 1.165) is 5.92 Å². The Morgan fingerprint density at radius 3 is 2.43 bits per heavy atom. The molecule has 3 rings (SSSR count). The van der Waals surface area contributed by atoms with Gasteiger partial charge in [0.2, 0.25) is 0 Å². The van der Waals surface area contributed by atoms with Gasteiger partial charge in [-0.25, -0.2) is 0 Å². The Labute approximate surface area is 85.5 Å². The van der Waals surface area contributed by atoms with Crippen LogP contribution in [0.15, 0.2) is 24.3 Å². The number of hydrogen-bond acceptors (Lipinski definition) is 1. The van der Waals surface area contributed by atoms with Gasteiger partial charge in [-0.3, -0.25) is 0 Å². The van der Waals surface area contributed by atoms with Crippen molar-refractivity contribution in [2.45, 2.75) is 37.6 Å². The van der Waals surface area contributed by atoms with Crippen LogP contribution in [-0.2, 0) is 0 Å². The number of nitrogens with one attached hydrogen (secondary N) is 1. The van der Waals surface area contributed by atoms with Crippen molar-refractivity contribution >= 4 is 0 Å². The van der Waals surface area contributed by atoms with Crippen molar-refractivity contribution in [3.63, 3.8) is 0 Å². The van der Waals surface area contributed by atoms with Crippen molar-refractivity contribution in [3.05, 3.63) is 35.4 Å². The molecule has 1 aliphatic carbocycles. The Balaban J connectivity index is 1.94. The fraction of sp³-hybridized carbons (Fsp3) is 0.538. The van der Waals surface area contributed by atoms with E-state index in [4.69, 9.17) is 0 Å². The van der Waals surface area contributed by atoms with E-state index < -0.39 is 0 Å². The lowest BCUT2D eigenvalue weighted by Gasteiger charge is -2.15. The van der Waals surface area contributed by atoms with Gasteiger partial charge in [0.25, 0.3) is 0 Å². The summed E-state index contributed by atoms with van der Waals surface area (Å²) < 4.78 is 0. The second kappa shape index (κ2) is 3.39. The molecule has 14 heavy (non-hydrogen) atoms. The van der Waals surface area contributed by atoms with Crippen molar-refractivity contribution in [2.24, 2.45) is 0 Å². The van der Waals surface area contributed by atoms with E-state index in [0.29, 0.717) is 6.04 Å². The second-order valence-corrected chi connectivity index (χ2v) is 4.55. The third-order valence-corrected chi connectivity index (χ3v) is 3.45. The summed E-state index contributed by atoms with van der Waals surface area (Å²) in [5.74, 6) is 0.883. The van der Waals surface area contributed by atoms with Gasteiger partial charge < -0.3 is 5.32 Å². The van der Waals surface area contributed by atoms with Gasteiger partial charge in [-0.1, -0.05) is 24.3 Å². The first-order valence-electron chi connectivity index (χ1n) is 5.77. The lowest BCUT2D eigenvalue weighted by molar-refractivity contribution is 0.640. The van der Waals surface area contributed by atoms with Gasteiger partial charge in [0.05, 0.1) is 0 Å². The number of benzene rings is 1. The zero-order chi connectivity index (χ0) is 9.38. The molecule has 1 saturated heterocycles. The average Bonchev–Trinajstić information content (AvgIpc) is 2.94. The monoisotopic (exact) mass is 187 g/mol. The van der Waals surface area contributed by atoms with Crippen LogP contribution >= 0.6 is 0 Å². The normalized spacial score (nSPS) is 26.7. The summed E-state index contributed by atoms with van der Waals surface area (Å²) in [6, 6.07) is 9.66. The molecule has 1 aromatic carbocycles. The topological polar surface area (TPSA) is 12.0 Å². The van der Waals surface area contributed by atoms with Gasteiger partial charge in [-0.15, -0.1) is 0 Å². The highest BCUT2D eigenvalue weighted by atomic mass is 14.9. The summed E-state index contributed by atoms with van der Waals surface area (Å²) in [5, 5.41) is 3.60. The minimum atomic E-state index is 0.645. The van der Waals surface area contributed by atoms with Crippen molar-refractivity contribution < 1.29 is 0 Å². The molecule has 1 aliphatic heterocycles. The largest absolute Gasteiger partial charge is 0.310 e. The van der Waals surface area contributed by atoms with E-state index in [2.05, 4.69) is 29.6 Å². The summed E-state index contributed by atoms with van der Waals surface area (Å²) in [5.41, 5.74) is 3.19. The summed E-state index contributed by atoms with van der Waals surface area (Å²) in [6.45, 7) is 1.20. The van der Waals surface area contributed by atoms with Crippen LogP contribution in [0.2, 0.25) is 0 Å². The highest BCUT2D eigenvalue weighted by molar-refractivity contribution is 5.35. The molecule has 2 fully saturated rings. The summed E-state index contributed by atoms with van der Waals surface area (Å²) in [7, 11) is 0. The molecule has 1 nitrogen and oxygen atoms in total. The number of hydrogen-bond donors (Lipinski definition) is 1. The minimum Gasteiger partial charge on any atom is -0.310 e. The maximum Gasteiger partial charge on any atom is 0.0323 e. The lowest BCUT2D eigenvalue weighted by atomic mass is 9.96. The SMILES string of the molecule is c1ccc(C2CCCN2)c(C2CC2)c1. The standard InChI is InChI=1S/C13H17N/c1-2-5-12(13-6-3-9-14-13)11(4-1)10-7-8-10/h1-2,4-5,10,13-14H,3,6-9H2. The molecule has 1 atom stereocenters. The van der Waals surface area contributed by atoms with Gasteiger partial charge in [0.15, 0.2) is 0 Å². The summed E-state index contributed by atoms with van der Waals surface area (Å²) in [4.78, 5) is 0. The van der Waals surface area contributed by atoms with Crippen LogP contribution in [0.25, 0.3) is 0 Å². The Kier molecular flexibility index (Phi) is 2.06. The van der Waals surface area contributed by atoms with Crippen LogP contribution in [0.5, 0.6) is 0 Å². The maximum absolute atomic E-state index is 3.60. The first kappa shape index (κ1) is 8.49. The van der Waals surface area contributed by atoms with E-state index in [-0.39, 0.29) is 0 Å². The van der Waals surface area contributed by atoms with E-state index >= 15 is 0 Å². The fourth-order valence-corrected chi connectivity index (χ4v) is 2.54. The van der Waals surface area contributed by atoms with Crippen LogP contribution < -0.4 is 5.32 Å². The molecule has 0 spiro atoms. The molecule has 1 saturated carbocycles. The van der Waals surface area contributed by atoms with Crippen LogP contribution in [-0.4, -0.2) is 6.54 Å². The zero-order valence-electron chi connectivity index (χ0n) is 8.50. The molecular weight excluding hydrogens is 170 g/mol. The van der Waals surface area contributed by atoms with Gasteiger partial charge >= 0.3 is 0 Å². The van der Waals surface area contributed by atoms with Crippen molar-refractivity contribution in [1.29, 1.82) is 0 Å². The third kappa shape index (κ3) is 1.46. The smallest absolute Gasteiger partial charge is 0.0323 e. The van der Waals surface area contributed by atoms with Crippen molar-refractivity contribution in [1.82, 2.24) is 5.32 Å². The van der Waals surface area contributed by atoms with Crippen LogP contribution in [0.3, 0.4) is 0 Å². The zero-order valence-corrected chi connectivity index (χ0v) is 8.50. The molecule has 1 N–H and O–H groups in total. The van der Waals surface area contributed by atoms with E-state index in [1.54, 1.807) is 11.1 Å². The summed E-state index contributed by atoms with van der Waals surface area (Å²) >= 11 is 0. The van der Waals surface area contributed by atoms with Crippen molar-refractivity contribution in [3.8, 4) is 0 Å². The van der Waals surface area contributed by atoms with Crippen LogP contribution in [0, 0.1) is 0 Å². The van der Waals surface area contributed by atoms with E-state index in [1.165, 1.54) is 32.2 Å². The highest BCUT2D eigenvalue weighted by Gasteiger charge is 2.28. The molecule has 0 amide bonds. The van der Waals surface area contributed by atoms with Gasteiger partial charge in [-0.05, 0) is 49.3 Å².